The van der Waals surface area contributed by atoms with Crippen molar-refractivity contribution in [2.45, 2.75) is 25.7 Å². The van der Waals surface area contributed by atoms with E-state index in [4.69, 9.17) is 28.9 Å². The van der Waals surface area contributed by atoms with Crippen LogP contribution in [0.3, 0.4) is 0 Å². The molecule has 7 heteroatoms. The van der Waals surface area contributed by atoms with Crippen molar-refractivity contribution >= 4 is 23.2 Å². The Kier molecular flexibility index (Phi) is 5.23. The highest BCUT2D eigenvalue weighted by atomic mass is 35.5. The maximum absolute atomic E-state index is 11.9. The van der Waals surface area contributed by atoms with E-state index in [2.05, 4.69) is 10.2 Å². The third kappa shape index (κ3) is 3.42. The lowest BCUT2D eigenvalue weighted by atomic mass is 10.2. The zero-order valence-electron chi connectivity index (χ0n) is 10.9. The van der Waals surface area contributed by atoms with Gasteiger partial charge in [0.25, 0.3) is 0 Å². The third-order valence-corrected chi connectivity index (χ3v) is 3.55. The molecule has 2 aromatic rings. The van der Waals surface area contributed by atoms with Crippen molar-refractivity contribution in [1.29, 1.82) is 0 Å². The molecule has 1 aromatic heterocycles. The lowest BCUT2D eigenvalue weighted by Gasteiger charge is -2.08. The van der Waals surface area contributed by atoms with Crippen LogP contribution in [-0.4, -0.2) is 21.3 Å². The van der Waals surface area contributed by atoms with E-state index in [9.17, 15) is 4.79 Å². The molecule has 0 aliphatic heterocycles. The van der Waals surface area contributed by atoms with Crippen LogP contribution in [0.1, 0.15) is 25.1 Å². The van der Waals surface area contributed by atoms with Crippen molar-refractivity contribution in [2.24, 2.45) is 5.73 Å². The largest absolute Gasteiger partial charge is 0.347 e. The molecule has 0 saturated heterocycles. The topological polar surface area (TPSA) is 76.7 Å². The standard InChI is InChI=1S/C13H16Cl2N4O/c14-9-5-6-10(15)11(8-9)19-12(17-18-13(19)20)4-2-1-3-7-16/h5-6,8H,1-4,7,16H2,(H,18,20). The molecular weight excluding hydrogens is 299 g/mol. The normalized spacial score (nSPS) is 10.9. The molecular formula is C13H16Cl2N4O. The molecule has 20 heavy (non-hydrogen) atoms. The van der Waals surface area contributed by atoms with Crippen molar-refractivity contribution in [2.75, 3.05) is 6.54 Å². The van der Waals surface area contributed by atoms with Gasteiger partial charge in [0, 0.05) is 11.4 Å². The second-order valence-electron chi connectivity index (χ2n) is 4.48. The van der Waals surface area contributed by atoms with Gasteiger partial charge in [0.2, 0.25) is 0 Å². The second kappa shape index (κ2) is 6.92. The maximum atomic E-state index is 11.9. The molecule has 0 unspecified atom stereocenters. The molecule has 0 aliphatic carbocycles. The van der Waals surface area contributed by atoms with E-state index in [0.717, 1.165) is 19.3 Å². The van der Waals surface area contributed by atoms with Gasteiger partial charge in [-0.1, -0.05) is 29.6 Å². The number of rotatable bonds is 6. The van der Waals surface area contributed by atoms with E-state index in [1.807, 2.05) is 0 Å². The van der Waals surface area contributed by atoms with Crippen LogP contribution in [0, 0.1) is 0 Å². The fraction of sp³-hybridized carbons (Fsp3) is 0.385. The van der Waals surface area contributed by atoms with E-state index in [-0.39, 0.29) is 5.69 Å². The number of hydrogen-bond acceptors (Lipinski definition) is 3. The van der Waals surface area contributed by atoms with E-state index >= 15 is 0 Å². The van der Waals surface area contributed by atoms with E-state index < -0.39 is 0 Å². The first kappa shape index (κ1) is 15.1. The first-order chi connectivity index (χ1) is 9.63. The fourth-order valence-electron chi connectivity index (χ4n) is 2.01. The van der Waals surface area contributed by atoms with Gasteiger partial charge in [0.15, 0.2) is 0 Å². The van der Waals surface area contributed by atoms with Crippen LogP contribution in [0.2, 0.25) is 10.0 Å². The van der Waals surface area contributed by atoms with Gasteiger partial charge in [0.05, 0.1) is 10.7 Å². The summed E-state index contributed by atoms with van der Waals surface area (Å²) in [5.41, 5.74) is 5.69. The van der Waals surface area contributed by atoms with Gasteiger partial charge in [-0.05, 0) is 37.6 Å². The van der Waals surface area contributed by atoms with Crippen molar-refractivity contribution in [3.63, 3.8) is 0 Å². The summed E-state index contributed by atoms with van der Waals surface area (Å²) in [4.78, 5) is 11.9. The van der Waals surface area contributed by atoms with Gasteiger partial charge < -0.3 is 5.73 Å². The minimum Gasteiger partial charge on any atom is -0.330 e. The zero-order valence-corrected chi connectivity index (χ0v) is 12.4. The summed E-state index contributed by atoms with van der Waals surface area (Å²) in [6, 6.07) is 5.00. The molecule has 1 heterocycles. The summed E-state index contributed by atoms with van der Waals surface area (Å²) in [6.45, 7) is 0.674. The number of nitrogens with two attached hydrogens (primary N) is 1. The quantitative estimate of drug-likeness (QED) is 0.804. The van der Waals surface area contributed by atoms with Gasteiger partial charge in [-0.25, -0.2) is 14.5 Å². The first-order valence-corrected chi connectivity index (χ1v) is 7.21. The molecule has 0 aliphatic rings. The summed E-state index contributed by atoms with van der Waals surface area (Å²) in [5.74, 6) is 0.649. The molecule has 0 saturated carbocycles. The summed E-state index contributed by atoms with van der Waals surface area (Å²) in [7, 11) is 0. The van der Waals surface area contributed by atoms with Crippen LogP contribution in [0.15, 0.2) is 23.0 Å². The molecule has 0 spiro atoms. The molecule has 0 radical (unpaired) electrons. The molecule has 0 fully saturated rings. The number of aromatic amines is 1. The van der Waals surface area contributed by atoms with E-state index in [0.29, 0.717) is 34.5 Å². The Morgan fingerprint density at radius 2 is 2.05 bits per heavy atom. The number of hydrogen-bond donors (Lipinski definition) is 2. The average molecular weight is 315 g/mol. The highest BCUT2D eigenvalue weighted by Crippen LogP contribution is 2.24. The molecule has 0 bridgehead atoms. The maximum Gasteiger partial charge on any atom is 0.347 e. The van der Waals surface area contributed by atoms with Crippen LogP contribution in [0.5, 0.6) is 0 Å². The van der Waals surface area contributed by atoms with Crippen molar-refractivity contribution in [3.05, 3.63) is 44.6 Å². The van der Waals surface area contributed by atoms with Crippen LogP contribution in [-0.2, 0) is 6.42 Å². The number of unbranched alkanes of at least 4 members (excludes halogenated alkanes) is 2. The predicted octanol–water partition coefficient (Wildman–Crippen LogP) is 2.54. The van der Waals surface area contributed by atoms with Gasteiger partial charge in [-0.2, -0.15) is 5.10 Å². The molecule has 0 atom stereocenters. The molecule has 3 N–H and O–H groups in total. The number of aromatic nitrogens is 3. The second-order valence-corrected chi connectivity index (χ2v) is 5.32. The van der Waals surface area contributed by atoms with Crippen molar-refractivity contribution < 1.29 is 0 Å². The number of halogens is 2. The highest BCUT2D eigenvalue weighted by molar-refractivity contribution is 6.34. The fourth-order valence-corrected chi connectivity index (χ4v) is 2.38. The molecule has 1 aromatic carbocycles. The monoisotopic (exact) mass is 314 g/mol. The SMILES string of the molecule is NCCCCCc1n[nH]c(=O)n1-c1cc(Cl)ccc1Cl. The lowest BCUT2D eigenvalue weighted by molar-refractivity contribution is 0.661. The first-order valence-electron chi connectivity index (χ1n) is 6.45. The summed E-state index contributed by atoms with van der Waals surface area (Å²) < 4.78 is 1.47. The van der Waals surface area contributed by atoms with E-state index in [1.165, 1.54) is 4.57 Å². The third-order valence-electron chi connectivity index (χ3n) is 3.00. The zero-order chi connectivity index (χ0) is 14.5. The molecule has 108 valence electrons. The van der Waals surface area contributed by atoms with Crippen LogP contribution < -0.4 is 11.4 Å². The Morgan fingerprint density at radius 1 is 1.25 bits per heavy atom. The lowest BCUT2D eigenvalue weighted by Crippen LogP contribution is -2.17. The Morgan fingerprint density at radius 3 is 2.80 bits per heavy atom. The molecule has 5 nitrogen and oxygen atoms in total. The Bertz CT molecular complexity index is 636. The minimum atomic E-state index is -0.317. The number of nitrogens with one attached hydrogen (secondary N) is 1. The Hall–Kier alpha value is -1.30. The van der Waals surface area contributed by atoms with Crippen LogP contribution >= 0.6 is 23.2 Å². The smallest absolute Gasteiger partial charge is 0.330 e. The number of benzene rings is 1. The number of H-pyrrole nitrogens is 1. The summed E-state index contributed by atoms with van der Waals surface area (Å²) in [6.07, 6.45) is 3.56. The Balaban J connectivity index is 2.29. The van der Waals surface area contributed by atoms with Gasteiger partial charge in [-0.3, -0.25) is 0 Å². The van der Waals surface area contributed by atoms with Gasteiger partial charge in [-0.15, -0.1) is 0 Å². The minimum absolute atomic E-state index is 0.317. The highest BCUT2D eigenvalue weighted by Gasteiger charge is 2.13. The molecule has 2 rings (SSSR count). The van der Waals surface area contributed by atoms with Gasteiger partial charge in [0.1, 0.15) is 5.82 Å². The van der Waals surface area contributed by atoms with Crippen molar-refractivity contribution in [3.8, 4) is 5.69 Å². The summed E-state index contributed by atoms with van der Waals surface area (Å²) >= 11 is 12.1. The van der Waals surface area contributed by atoms with Crippen LogP contribution in [0.4, 0.5) is 0 Å². The number of nitrogens with zero attached hydrogens (tertiary/aromatic N) is 2. The Labute approximate surface area is 126 Å². The summed E-state index contributed by atoms with van der Waals surface area (Å²) in [5, 5.41) is 7.49. The van der Waals surface area contributed by atoms with E-state index in [1.54, 1.807) is 18.2 Å². The number of aryl methyl sites for hydroxylation is 1. The van der Waals surface area contributed by atoms with Gasteiger partial charge >= 0.3 is 5.69 Å². The van der Waals surface area contributed by atoms with Crippen LogP contribution in [0.25, 0.3) is 5.69 Å². The predicted molar refractivity (Wildman–Crippen MR) is 80.8 cm³/mol. The molecule has 0 amide bonds. The van der Waals surface area contributed by atoms with Crippen molar-refractivity contribution in [1.82, 2.24) is 14.8 Å². The average Bonchev–Trinajstić information content (AvgIpc) is 2.79.